The lowest BCUT2D eigenvalue weighted by Crippen LogP contribution is -2.54. The molecular weight excluding hydrogens is 745 g/mol. The molecule has 0 unspecified atom stereocenters. The van der Waals surface area contributed by atoms with E-state index in [2.05, 4.69) is 20.4 Å². The number of aromatic nitrogens is 5. The fraction of sp³-hybridized carbons (Fsp3) is 0.355. The van der Waals surface area contributed by atoms with Crippen LogP contribution in [0.1, 0.15) is 45.1 Å². The first-order valence-electron chi connectivity index (χ1n) is 14.9. The normalized spacial score (nSPS) is 17.1. The number of nitrogens with two attached hydrogens (primary N) is 1. The lowest BCUT2D eigenvalue weighted by atomic mass is 9.80. The van der Waals surface area contributed by atoms with Crippen molar-refractivity contribution in [2.24, 2.45) is 18.7 Å². The smallest absolute Gasteiger partial charge is 0.339 e. The van der Waals surface area contributed by atoms with Crippen LogP contribution in [-0.4, -0.2) is 84.1 Å². The van der Waals surface area contributed by atoms with Crippen LogP contribution in [0.4, 0.5) is 18.9 Å². The van der Waals surface area contributed by atoms with E-state index in [0.29, 0.717) is 44.6 Å². The van der Waals surface area contributed by atoms with Crippen molar-refractivity contribution in [3.05, 3.63) is 82.8 Å². The largest absolute Gasteiger partial charge is 0.435 e. The van der Waals surface area contributed by atoms with E-state index in [1.165, 1.54) is 48.4 Å². The molecule has 0 spiro atoms. The quantitative estimate of drug-likeness (QED) is 0.271. The number of benzene rings is 1. The average Bonchev–Trinajstić information content (AvgIpc) is 3.63. The van der Waals surface area contributed by atoms with Crippen molar-refractivity contribution in [2.75, 3.05) is 31.5 Å². The molecule has 0 atom stereocenters. The molecule has 12 nitrogen and oxygen atoms in total. The molecule has 4 heterocycles. The molecule has 2 fully saturated rings. The van der Waals surface area contributed by atoms with Gasteiger partial charge in [0.15, 0.2) is 11.5 Å². The maximum atomic E-state index is 14.0. The van der Waals surface area contributed by atoms with E-state index in [1.54, 1.807) is 28.1 Å². The number of piperazine rings is 1. The lowest BCUT2D eigenvalue weighted by molar-refractivity contribution is -0.141. The fourth-order valence-electron chi connectivity index (χ4n) is 5.82. The van der Waals surface area contributed by atoms with Gasteiger partial charge >= 0.3 is 6.18 Å². The number of imidazole rings is 1. The highest BCUT2D eigenvalue weighted by Gasteiger charge is 2.39. The molecule has 1 saturated heterocycles. The van der Waals surface area contributed by atoms with Crippen LogP contribution in [0.2, 0.25) is 5.02 Å². The first kappa shape index (κ1) is 40.5. The molecule has 2 aliphatic rings. The summed E-state index contributed by atoms with van der Waals surface area (Å²) in [4.78, 5) is 50.5. The molecule has 1 aliphatic heterocycles. The first-order chi connectivity index (χ1) is 22.4. The fourth-order valence-corrected chi connectivity index (χ4v) is 6.09. The van der Waals surface area contributed by atoms with Crippen LogP contribution in [0.15, 0.2) is 55.1 Å². The molecule has 3 aromatic heterocycles. The number of alkyl halides is 3. The third-order valence-electron chi connectivity index (χ3n) is 8.42. The Morgan fingerprint density at radius 3 is 2.30 bits per heavy atom. The number of nitrogens with zero attached hydrogens (tertiary/aromatic N) is 7. The van der Waals surface area contributed by atoms with E-state index in [0.717, 1.165) is 4.68 Å². The van der Waals surface area contributed by atoms with Gasteiger partial charge in [0.1, 0.15) is 0 Å². The van der Waals surface area contributed by atoms with E-state index in [-0.39, 0.29) is 101 Å². The van der Waals surface area contributed by atoms with Gasteiger partial charge in [0.25, 0.3) is 11.8 Å². The van der Waals surface area contributed by atoms with Gasteiger partial charge in [-0.25, -0.2) is 4.98 Å². The highest BCUT2D eigenvalue weighted by Crippen LogP contribution is 2.36. The molecule has 4 aromatic rings. The molecule has 3 amide bonds. The minimum Gasteiger partial charge on any atom is -0.339 e. The molecule has 0 radical (unpaired) electrons. The second-order valence-corrected chi connectivity index (χ2v) is 12.1. The number of pyridine rings is 1. The van der Waals surface area contributed by atoms with Gasteiger partial charge in [-0.1, -0.05) is 17.7 Å². The minimum atomic E-state index is -4.76. The van der Waals surface area contributed by atoms with Gasteiger partial charge in [-0.2, -0.15) is 18.3 Å². The summed E-state index contributed by atoms with van der Waals surface area (Å²) < 4.78 is 44.3. The Morgan fingerprint density at radius 1 is 1.02 bits per heavy atom. The molecule has 50 heavy (non-hydrogen) atoms. The second kappa shape index (κ2) is 16.4. The van der Waals surface area contributed by atoms with E-state index >= 15 is 0 Å². The van der Waals surface area contributed by atoms with Crippen molar-refractivity contribution in [3.8, 4) is 11.3 Å². The van der Waals surface area contributed by atoms with Crippen LogP contribution in [0.3, 0.4) is 0 Å². The summed E-state index contributed by atoms with van der Waals surface area (Å²) in [5.41, 5.74) is 5.66. The van der Waals surface area contributed by atoms with E-state index in [9.17, 15) is 27.6 Å². The van der Waals surface area contributed by atoms with E-state index < -0.39 is 17.8 Å². The number of hydrogen-bond donors (Lipinski definition) is 2. The van der Waals surface area contributed by atoms with Gasteiger partial charge < -0.3 is 25.4 Å². The number of anilines is 1. The molecular formula is C31H34Cl4F3N9O3. The van der Waals surface area contributed by atoms with Crippen LogP contribution in [-0.2, 0) is 24.6 Å². The number of carbonyl (C=O) groups excluding carboxylic acids is 3. The Bertz CT molecular complexity index is 1820. The third kappa shape index (κ3) is 8.52. The predicted octanol–water partition coefficient (Wildman–Crippen LogP) is 4.94. The van der Waals surface area contributed by atoms with Crippen molar-refractivity contribution in [1.82, 2.24) is 34.1 Å². The summed E-state index contributed by atoms with van der Waals surface area (Å²) in [6.07, 6.45) is 2.16. The molecule has 6 rings (SSSR count). The Kier molecular flexibility index (Phi) is 13.3. The lowest BCUT2D eigenvalue weighted by Gasteiger charge is -2.40. The molecule has 3 N–H and O–H groups in total. The van der Waals surface area contributed by atoms with Gasteiger partial charge in [-0.05, 0) is 42.7 Å². The van der Waals surface area contributed by atoms with Crippen LogP contribution in [0.25, 0.3) is 11.3 Å². The van der Waals surface area contributed by atoms with Gasteiger partial charge in [-0.15, -0.1) is 37.2 Å². The maximum absolute atomic E-state index is 14.0. The van der Waals surface area contributed by atoms with Crippen molar-refractivity contribution < 1.29 is 27.6 Å². The molecule has 1 aromatic carbocycles. The Labute approximate surface area is 308 Å². The maximum Gasteiger partial charge on any atom is 0.435 e. The van der Waals surface area contributed by atoms with Gasteiger partial charge in [0.2, 0.25) is 5.91 Å². The highest BCUT2D eigenvalue weighted by atomic mass is 35.5. The van der Waals surface area contributed by atoms with Crippen LogP contribution >= 0.6 is 48.8 Å². The zero-order chi connectivity index (χ0) is 33.5. The summed E-state index contributed by atoms with van der Waals surface area (Å²) in [5.74, 6) is -1.11. The summed E-state index contributed by atoms with van der Waals surface area (Å²) in [6, 6.07) is 7.89. The van der Waals surface area contributed by atoms with Gasteiger partial charge in [0.05, 0.1) is 34.6 Å². The monoisotopic (exact) mass is 777 g/mol. The predicted molar refractivity (Wildman–Crippen MR) is 187 cm³/mol. The Morgan fingerprint density at radius 2 is 1.70 bits per heavy atom. The number of carbonyl (C=O) groups is 3. The molecule has 19 heteroatoms. The molecule has 1 aliphatic carbocycles. The van der Waals surface area contributed by atoms with Crippen LogP contribution in [0.5, 0.6) is 0 Å². The van der Waals surface area contributed by atoms with Crippen molar-refractivity contribution in [3.63, 3.8) is 0 Å². The molecule has 0 bridgehead atoms. The second-order valence-electron chi connectivity index (χ2n) is 11.7. The molecule has 270 valence electrons. The number of halogens is 7. The van der Waals surface area contributed by atoms with Crippen molar-refractivity contribution in [2.45, 2.75) is 31.6 Å². The summed E-state index contributed by atoms with van der Waals surface area (Å²) >= 11 is 6.45. The number of hydrogen-bond acceptors (Lipinski definition) is 7. The highest BCUT2D eigenvalue weighted by molar-refractivity contribution is 6.34. The Hall–Kier alpha value is -3.89. The standard InChI is InChI=1S/C31H31ClF3N9O3.3ClH/c1-41-25(23-17-44(40-26(23)31(33,34)35)16-18-3-2-6-37-14-18)15-38-27(41)28(45)39-21-4-5-22(24(32)13-21)30(47)43-9-7-42(8-10-43)29(46)19-11-20(36)12-19;;;/h2-6,13-15,17,19-20H,7-12,16,36H2,1H3,(H,39,45);3*1H. The number of nitrogens with one attached hydrogen (secondary N) is 1. The zero-order valence-corrected chi connectivity index (χ0v) is 29.7. The number of amides is 3. The zero-order valence-electron chi connectivity index (χ0n) is 26.5. The molecule has 1 saturated carbocycles. The van der Waals surface area contributed by atoms with Crippen molar-refractivity contribution in [1.29, 1.82) is 0 Å². The topological polar surface area (TPSA) is 144 Å². The van der Waals surface area contributed by atoms with Crippen LogP contribution in [0, 0.1) is 5.92 Å². The Balaban J connectivity index is 0.00000225. The SMILES string of the molecule is Cl.Cl.Cl.Cn1c(-c2cn(Cc3cccnc3)nc2C(F)(F)F)cnc1C(=O)Nc1ccc(C(=O)N2CCN(C(=O)C3CC(N)C3)CC2)c(Cl)c1. The van der Waals surface area contributed by atoms with Gasteiger partial charge in [0, 0.05) is 69.5 Å². The number of rotatable bonds is 7. The van der Waals surface area contributed by atoms with E-state index in [1.807, 2.05) is 0 Å². The first-order valence-corrected chi connectivity index (χ1v) is 15.3. The van der Waals surface area contributed by atoms with Crippen LogP contribution < -0.4 is 11.1 Å². The van der Waals surface area contributed by atoms with Gasteiger partial charge in [-0.3, -0.25) is 24.0 Å². The third-order valence-corrected chi connectivity index (χ3v) is 8.74. The van der Waals surface area contributed by atoms with E-state index in [4.69, 9.17) is 17.3 Å². The summed E-state index contributed by atoms with van der Waals surface area (Å²) in [7, 11) is 1.43. The summed E-state index contributed by atoms with van der Waals surface area (Å²) in [6.45, 7) is 1.62. The average molecular weight is 779 g/mol. The summed E-state index contributed by atoms with van der Waals surface area (Å²) in [5, 5.41) is 6.51. The van der Waals surface area contributed by atoms with Crippen molar-refractivity contribution >= 4 is 72.2 Å². The minimum absolute atomic E-state index is 0.